The molecule has 2 rings (SSSR count). The summed E-state index contributed by atoms with van der Waals surface area (Å²) in [4.78, 5) is 34.9. The van der Waals surface area contributed by atoms with E-state index < -0.39 is 34.2 Å². The number of hydrogen-bond donors (Lipinski definition) is 1. The molecule has 1 N–H and O–H groups in total. The zero-order chi connectivity index (χ0) is 12.4. The minimum atomic E-state index is -1.57. The van der Waals surface area contributed by atoms with E-state index in [0.717, 1.165) is 0 Å². The molecule has 2 bridgehead atoms. The van der Waals surface area contributed by atoms with Crippen LogP contribution in [0.3, 0.4) is 0 Å². The highest BCUT2D eigenvalue weighted by molar-refractivity contribution is 6.08. The molecule has 1 saturated heterocycles. The summed E-state index contributed by atoms with van der Waals surface area (Å²) >= 11 is 0. The number of hydrogen-bond acceptors (Lipinski definition) is 4. The Bertz CT molecular complexity index is 411. The summed E-state index contributed by atoms with van der Waals surface area (Å²) in [7, 11) is 0. The van der Waals surface area contributed by atoms with Crippen LogP contribution in [0.1, 0.15) is 33.6 Å². The van der Waals surface area contributed by atoms with Gasteiger partial charge in [-0.2, -0.15) is 0 Å². The van der Waals surface area contributed by atoms with Gasteiger partial charge < -0.3 is 9.84 Å². The lowest BCUT2D eigenvalue weighted by atomic mass is 9.57. The Hall–Kier alpha value is -1.39. The lowest BCUT2D eigenvalue weighted by molar-refractivity contribution is -0.201. The van der Waals surface area contributed by atoms with Gasteiger partial charge >= 0.3 is 17.9 Å². The molecule has 1 aliphatic heterocycles. The van der Waals surface area contributed by atoms with E-state index in [4.69, 9.17) is 0 Å². The first kappa shape index (κ1) is 11.1. The number of ether oxygens (including phenoxy) is 1. The number of aliphatic carboxylic acids is 1. The molecule has 2 aliphatic rings. The van der Waals surface area contributed by atoms with Crippen molar-refractivity contribution in [3.05, 3.63) is 0 Å². The molecule has 1 aliphatic carbocycles. The van der Waals surface area contributed by atoms with Crippen LogP contribution in [-0.2, 0) is 19.1 Å². The highest BCUT2D eigenvalue weighted by atomic mass is 16.6. The number of esters is 2. The van der Waals surface area contributed by atoms with Crippen molar-refractivity contribution in [1.29, 1.82) is 0 Å². The summed E-state index contributed by atoms with van der Waals surface area (Å²) in [5.41, 5.74) is -3.38. The van der Waals surface area contributed by atoms with Gasteiger partial charge in [0.05, 0.1) is 5.41 Å². The first-order chi connectivity index (χ1) is 7.20. The molecule has 2 atom stereocenters. The topological polar surface area (TPSA) is 80.7 Å². The van der Waals surface area contributed by atoms with Crippen LogP contribution < -0.4 is 0 Å². The van der Waals surface area contributed by atoms with Crippen molar-refractivity contribution >= 4 is 17.9 Å². The molecule has 0 radical (unpaired) electrons. The van der Waals surface area contributed by atoms with Gasteiger partial charge in [0.15, 0.2) is 5.41 Å². The van der Waals surface area contributed by atoms with E-state index in [0.29, 0.717) is 6.42 Å². The van der Waals surface area contributed by atoms with Crippen molar-refractivity contribution in [3.63, 3.8) is 0 Å². The van der Waals surface area contributed by atoms with Crippen molar-refractivity contribution in [1.82, 2.24) is 0 Å². The Morgan fingerprint density at radius 2 is 1.75 bits per heavy atom. The molecule has 1 heterocycles. The lowest BCUT2D eigenvalue weighted by Crippen LogP contribution is -2.59. The molecular formula is C11H14O5. The molecular weight excluding hydrogens is 212 g/mol. The third-order valence-electron chi connectivity index (χ3n) is 4.80. The quantitative estimate of drug-likeness (QED) is 0.532. The van der Waals surface area contributed by atoms with Crippen LogP contribution in [0.15, 0.2) is 0 Å². The predicted molar refractivity (Wildman–Crippen MR) is 52.3 cm³/mol. The molecule has 5 nitrogen and oxygen atoms in total. The maximum Gasteiger partial charge on any atom is 0.331 e. The number of rotatable bonds is 1. The number of carbonyl (C=O) groups is 3. The molecule has 0 unspecified atom stereocenters. The fraction of sp³-hybridized carbons (Fsp3) is 0.727. The summed E-state index contributed by atoms with van der Waals surface area (Å²) < 4.78 is 4.62. The highest BCUT2D eigenvalue weighted by Crippen LogP contribution is 2.66. The Morgan fingerprint density at radius 1 is 1.19 bits per heavy atom. The zero-order valence-corrected chi connectivity index (χ0v) is 9.49. The lowest BCUT2D eigenvalue weighted by Gasteiger charge is -2.46. The van der Waals surface area contributed by atoms with E-state index in [1.807, 2.05) is 0 Å². The van der Waals surface area contributed by atoms with Gasteiger partial charge in [-0.05, 0) is 19.8 Å². The van der Waals surface area contributed by atoms with Crippen LogP contribution in [0.5, 0.6) is 0 Å². The summed E-state index contributed by atoms with van der Waals surface area (Å²) in [5.74, 6) is -2.71. The molecule has 88 valence electrons. The number of carbonyl (C=O) groups excluding carboxylic acids is 2. The fourth-order valence-electron chi connectivity index (χ4n) is 2.99. The van der Waals surface area contributed by atoms with Crippen LogP contribution >= 0.6 is 0 Å². The van der Waals surface area contributed by atoms with Crippen LogP contribution in [0.4, 0.5) is 0 Å². The standard InChI is InChI=1S/C11H14O5/c1-9(2)10(3)4-5-11(9,6(12)13)8(15)16-7(10)14/h4-5H2,1-3H3,(H,12,13)/t10-,11-/m1/s1. The Labute approximate surface area is 92.8 Å². The number of carboxylic acids is 1. The second-order valence-electron chi connectivity index (χ2n) is 5.34. The van der Waals surface area contributed by atoms with Gasteiger partial charge in [0.25, 0.3) is 0 Å². The van der Waals surface area contributed by atoms with Gasteiger partial charge in [0, 0.05) is 5.41 Å². The molecule has 0 spiro atoms. The summed E-state index contributed by atoms with van der Waals surface area (Å²) in [5, 5.41) is 9.31. The number of cyclic esters (lactones) is 2. The van der Waals surface area contributed by atoms with Gasteiger partial charge in [-0.25, -0.2) is 0 Å². The molecule has 0 aromatic rings. The molecule has 0 aromatic heterocycles. The summed E-state index contributed by atoms with van der Waals surface area (Å²) in [6.07, 6.45) is 0.535. The molecule has 1 saturated carbocycles. The molecule has 16 heavy (non-hydrogen) atoms. The maximum absolute atomic E-state index is 11.8. The number of fused-ring (bicyclic) bond motifs is 2. The van der Waals surface area contributed by atoms with E-state index in [9.17, 15) is 19.5 Å². The molecule has 0 amide bonds. The van der Waals surface area contributed by atoms with Crippen molar-refractivity contribution in [2.75, 3.05) is 0 Å². The van der Waals surface area contributed by atoms with E-state index in [1.54, 1.807) is 20.8 Å². The zero-order valence-electron chi connectivity index (χ0n) is 9.49. The van der Waals surface area contributed by atoms with E-state index >= 15 is 0 Å². The maximum atomic E-state index is 11.8. The molecule has 5 heteroatoms. The van der Waals surface area contributed by atoms with Crippen molar-refractivity contribution in [2.24, 2.45) is 16.2 Å². The first-order valence-electron chi connectivity index (χ1n) is 5.20. The van der Waals surface area contributed by atoms with Crippen molar-refractivity contribution < 1.29 is 24.2 Å². The van der Waals surface area contributed by atoms with Gasteiger partial charge in [-0.15, -0.1) is 0 Å². The SMILES string of the molecule is CC1(C)[C@@]2(C(=O)O)CC[C@]1(C)C(=O)OC2=O. The highest BCUT2D eigenvalue weighted by Gasteiger charge is 2.75. The summed E-state index contributed by atoms with van der Waals surface area (Å²) in [6.45, 7) is 4.99. The molecule has 0 aromatic carbocycles. The third kappa shape index (κ3) is 0.817. The second kappa shape index (κ2) is 2.64. The van der Waals surface area contributed by atoms with Crippen molar-refractivity contribution in [2.45, 2.75) is 33.6 Å². The second-order valence-corrected chi connectivity index (χ2v) is 5.34. The van der Waals surface area contributed by atoms with Crippen molar-refractivity contribution in [3.8, 4) is 0 Å². The average Bonchev–Trinajstić information content (AvgIpc) is 2.29. The van der Waals surface area contributed by atoms with Crippen LogP contribution in [0, 0.1) is 16.2 Å². The minimum Gasteiger partial charge on any atom is -0.480 e. The van der Waals surface area contributed by atoms with Gasteiger partial charge in [-0.3, -0.25) is 14.4 Å². The minimum absolute atomic E-state index is 0.163. The Morgan fingerprint density at radius 3 is 2.25 bits per heavy atom. The average molecular weight is 226 g/mol. The van der Waals surface area contributed by atoms with Gasteiger partial charge in [0.2, 0.25) is 0 Å². The first-order valence-corrected chi connectivity index (χ1v) is 5.20. The predicted octanol–water partition coefficient (Wildman–Crippen LogP) is 0.967. The van der Waals surface area contributed by atoms with Crippen LogP contribution in [-0.4, -0.2) is 23.0 Å². The van der Waals surface area contributed by atoms with Gasteiger partial charge in [0.1, 0.15) is 0 Å². The van der Waals surface area contributed by atoms with Crippen LogP contribution in [0.2, 0.25) is 0 Å². The smallest absolute Gasteiger partial charge is 0.331 e. The van der Waals surface area contributed by atoms with E-state index in [1.165, 1.54) is 0 Å². The van der Waals surface area contributed by atoms with Crippen LogP contribution in [0.25, 0.3) is 0 Å². The normalized spacial score (nSPS) is 40.7. The largest absolute Gasteiger partial charge is 0.480 e. The Balaban J connectivity index is 2.69. The monoisotopic (exact) mass is 226 g/mol. The van der Waals surface area contributed by atoms with Gasteiger partial charge in [-0.1, -0.05) is 13.8 Å². The van der Waals surface area contributed by atoms with E-state index in [-0.39, 0.29) is 6.42 Å². The summed E-state index contributed by atoms with van der Waals surface area (Å²) in [6, 6.07) is 0. The Kier molecular flexibility index (Phi) is 1.84. The fourth-order valence-corrected chi connectivity index (χ4v) is 2.99. The number of carboxylic acid groups (broad SMARTS) is 1. The third-order valence-corrected chi connectivity index (χ3v) is 4.80. The van der Waals surface area contributed by atoms with E-state index in [2.05, 4.69) is 4.74 Å². The molecule has 2 fully saturated rings.